The molecule has 0 aliphatic carbocycles. The summed E-state index contributed by atoms with van der Waals surface area (Å²) in [4.78, 5) is 13.2. The molecule has 0 radical (unpaired) electrons. The third kappa shape index (κ3) is 2.20. The van der Waals surface area contributed by atoms with Gasteiger partial charge in [0.15, 0.2) is 0 Å². The Kier molecular flexibility index (Phi) is 3.97. The van der Waals surface area contributed by atoms with Gasteiger partial charge in [-0.05, 0) is 13.8 Å². The molecule has 0 spiro atoms. The number of carbonyl (C=O) groups is 1. The lowest BCUT2D eigenvalue weighted by Gasteiger charge is -2.19. The van der Waals surface area contributed by atoms with Crippen molar-refractivity contribution in [1.82, 2.24) is 9.78 Å². The predicted octanol–water partition coefficient (Wildman–Crippen LogP) is 1.24. The van der Waals surface area contributed by atoms with Crippen molar-refractivity contribution in [2.24, 2.45) is 7.05 Å². The first kappa shape index (κ1) is 12.6. The second-order valence-corrected chi connectivity index (χ2v) is 3.73. The van der Waals surface area contributed by atoms with Crippen molar-refractivity contribution in [3.05, 3.63) is 11.4 Å². The van der Waals surface area contributed by atoms with Gasteiger partial charge in [0.2, 0.25) is 5.91 Å². The maximum atomic E-state index is 11.7. The van der Waals surface area contributed by atoms with Gasteiger partial charge in [-0.2, -0.15) is 5.10 Å². The summed E-state index contributed by atoms with van der Waals surface area (Å²) in [6.45, 7) is 3.94. The van der Waals surface area contributed by atoms with Gasteiger partial charge >= 0.3 is 0 Å². The summed E-state index contributed by atoms with van der Waals surface area (Å²) < 4.78 is 1.72. The highest BCUT2D eigenvalue weighted by molar-refractivity contribution is 6.29. The molecule has 1 aromatic rings. The monoisotopic (exact) mass is 239 g/mol. The third-order valence-electron chi connectivity index (χ3n) is 2.41. The van der Waals surface area contributed by atoms with Gasteiger partial charge in [0.25, 0.3) is 0 Å². The lowest BCUT2D eigenvalue weighted by Crippen LogP contribution is -2.33. The number of hydrogen-bond acceptors (Lipinski definition) is 2. The Bertz CT molecular complexity index is 445. The van der Waals surface area contributed by atoms with Crippen LogP contribution in [0.2, 0.25) is 0 Å². The zero-order valence-corrected chi connectivity index (χ0v) is 10.4. The van der Waals surface area contributed by atoms with Crippen molar-refractivity contribution in [3.8, 4) is 12.3 Å². The lowest BCUT2D eigenvalue weighted by atomic mass is 10.2. The van der Waals surface area contributed by atoms with Crippen molar-refractivity contribution < 1.29 is 4.79 Å². The SMILES string of the molecule is C#CCN(C(=O)CCl)c1c(C)nn(C)c1C. The fourth-order valence-electron chi connectivity index (χ4n) is 1.61. The summed E-state index contributed by atoms with van der Waals surface area (Å²) in [7, 11) is 1.82. The van der Waals surface area contributed by atoms with Crippen LogP contribution in [0.1, 0.15) is 11.4 Å². The van der Waals surface area contributed by atoms with Gasteiger partial charge in [-0.15, -0.1) is 18.0 Å². The molecule has 5 heteroatoms. The molecule has 0 aliphatic heterocycles. The molecule has 0 bridgehead atoms. The van der Waals surface area contributed by atoms with E-state index in [9.17, 15) is 4.79 Å². The number of amides is 1. The average molecular weight is 240 g/mol. The number of carbonyl (C=O) groups excluding carboxylic acids is 1. The summed E-state index contributed by atoms with van der Waals surface area (Å²) in [5.74, 6) is 2.16. The molecular weight excluding hydrogens is 226 g/mol. The zero-order valence-electron chi connectivity index (χ0n) is 9.62. The minimum Gasteiger partial charge on any atom is -0.296 e. The molecule has 86 valence electrons. The summed E-state index contributed by atoms with van der Waals surface area (Å²) >= 11 is 5.56. The van der Waals surface area contributed by atoms with E-state index in [4.69, 9.17) is 18.0 Å². The highest BCUT2D eigenvalue weighted by Gasteiger charge is 2.21. The molecule has 1 rings (SSSR count). The molecule has 0 saturated heterocycles. The molecule has 16 heavy (non-hydrogen) atoms. The van der Waals surface area contributed by atoms with Crippen molar-refractivity contribution in [1.29, 1.82) is 0 Å². The Morgan fingerprint density at radius 1 is 1.62 bits per heavy atom. The number of aryl methyl sites for hydroxylation is 2. The smallest absolute Gasteiger partial charge is 0.242 e. The normalized spacial score (nSPS) is 9.94. The van der Waals surface area contributed by atoms with E-state index in [2.05, 4.69) is 11.0 Å². The van der Waals surface area contributed by atoms with Gasteiger partial charge in [-0.1, -0.05) is 5.92 Å². The van der Waals surface area contributed by atoms with Crippen LogP contribution in [0.3, 0.4) is 0 Å². The molecule has 4 nitrogen and oxygen atoms in total. The Balaban J connectivity index is 3.21. The number of aromatic nitrogens is 2. The fourth-order valence-corrected chi connectivity index (χ4v) is 1.75. The Labute approximate surface area is 100 Å². The van der Waals surface area contributed by atoms with E-state index >= 15 is 0 Å². The number of alkyl halides is 1. The van der Waals surface area contributed by atoms with Crippen LogP contribution >= 0.6 is 11.6 Å². The van der Waals surface area contributed by atoms with E-state index < -0.39 is 0 Å². The minimum atomic E-state index is -0.209. The van der Waals surface area contributed by atoms with Crippen LogP contribution in [-0.2, 0) is 11.8 Å². The van der Waals surface area contributed by atoms with E-state index in [1.807, 2.05) is 20.9 Å². The first-order chi connectivity index (χ1) is 7.52. The first-order valence-electron chi connectivity index (χ1n) is 4.83. The largest absolute Gasteiger partial charge is 0.296 e. The number of terminal acetylenes is 1. The fraction of sp³-hybridized carbons (Fsp3) is 0.455. The van der Waals surface area contributed by atoms with Crippen molar-refractivity contribution >= 4 is 23.2 Å². The van der Waals surface area contributed by atoms with Crippen molar-refractivity contribution in [2.75, 3.05) is 17.3 Å². The topological polar surface area (TPSA) is 38.1 Å². The molecule has 0 unspecified atom stereocenters. The van der Waals surface area contributed by atoms with Gasteiger partial charge in [-0.3, -0.25) is 14.4 Å². The van der Waals surface area contributed by atoms with Crippen LogP contribution in [0, 0.1) is 26.2 Å². The third-order valence-corrected chi connectivity index (χ3v) is 2.63. The molecule has 0 aliphatic rings. The van der Waals surface area contributed by atoms with E-state index in [-0.39, 0.29) is 18.3 Å². The predicted molar refractivity (Wildman–Crippen MR) is 64.6 cm³/mol. The van der Waals surface area contributed by atoms with E-state index in [0.717, 1.165) is 17.1 Å². The molecule has 0 atom stereocenters. The first-order valence-corrected chi connectivity index (χ1v) is 5.36. The molecule has 0 aromatic carbocycles. The molecule has 1 amide bonds. The van der Waals surface area contributed by atoms with Gasteiger partial charge in [0, 0.05) is 7.05 Å². The number of nitrogens with zero attached hydrogens (tertiary/aromatic N) is 3. The van der Waals surface area contributed by atoms with Crippen molar-refractivity contribution in [2.45, 2.75) is 13.8 Å². The average Bonchev–Trinajstić information content (AvgIpc) is 2.50. The van der Waals surface area contributed by atoms with Crippen LogP contribution < -0.4 is 4.90 Å². The Hall–Kier alpha value is -1.47. The van der Waals surface area contributed by atoms with Gasteiger partial charge in [-0.25, -0.2) is 0 Å². The molecule has 0 saturated carbocycles. The van der Waals surface area contributed by atoms with Crippen LogP contribution in [0.25, 0.3) is 0 Å². The van der Waals surface area contributed by atoms with Crippen LogP contribution in [0.15, 0.2) is 0 Å². The number of anilines is 1. The molecule has 0 N–H and O–H groups in total. The van der Waals surface area contributed by atoms with E-state index in [1.54, 1.807) is 4.68 Å². The van der Waals surface area contributed by atoms with Crippen molar-refractivity contribution in [3.63, 3.8) is 0 Å². The van der Waals surface area contributed by atoms with Gasteiger partial charge < -0.3 is 0 Å². The summed E-state index contributed by atoms with van der Waals surface area (Å²) in [5.41, 5.74) is 2.42. The minimum absolute atomic E-state index is 0.0878. The second-order valence-electron chi connectivity index (χ2n) is 3.46. The van der Waals surface area contributed by atoms with Crippen LogP contribution in [-0.4, -0.2) is 28.1 Å². The standard InChI is InChI=1S/C11H14ClN3O/c1-5-6-15(10(16)7-12)11-8(2)13-14(4)9(11)3/h1H,6-7H2,2-4H3. The molecule has 0 fully saturated rings. The second kappa shape index (κ2) is 5.04. The number of rotatable bonds is 3. The number of hydrogen-bond donors (Lipinski definition) is 0. The van der Waals surface area contributed by atoms with Gasteiger partial charge in [0.1, 0.15) is 5.88 Å². The van der Waals surface area contributed by atoms with Crippen LogP contribution in [0.5, 0.6) is 0 Å². The summed E-state index contributed by atoms with van der Waals surface area (Å²) in [6, 6.07) is 0. The molecule has 1 aromatic heterocycles. The number of halogens is 1. The van der Waals surface area contributed by atoms with Gasteiger partial charge in [0.05, 0.1) is 23.6 Å². The summed E-state index contributed by atoms with van der Waals surface area (Å²) in [5, 5.41) is 4.24. The zero-order chi connectivity index (χ0) is 12.3. The molecule has 1 heterocycles. The van der Waals surface area contributed by atoms with E-state index in [0.29, 0.717) is 0 Å². The quantitative estimate of drug-likeness (QED) is 0.588. The summed E-state index contributed by atoms with van der Waals surface area (Å²) in [6.07, 6.45) is 5.25. The maximum Gasteiger partial charge on any atom is 0.242 e. The Morgan fingerprint density at radius 3 is 2.62 bits per heavy atom. The Morgan fingerprint density at radius 2 is 2.25 bits per heavy atom. The maximum absolute atomic E-state index is 11.7. The highest BCUT2D eigenvalue weighted by Crippen LogP contribution is 2.23. The van der Waals surface area contributed by atoms with E-state index in [1.165, 1.54) is 4.90 Å². The van der Waals surface area contributed by atoms with Crippen LogP contribution in [0.4, 0.5) is 5.69 Å². The lowest BCUT2D eigenvalue weighted by molar-refractivity contribution is -0.116. The highest BCUT2D eigenvalue weighted by atomic mass is 35.5. The molecular formula is C11H14ClN3O.